The zero-order valence-corrected chi connectivity index (χ0v) is 11.4. The molecule has 0 saturated heterocycles. The van der Waals surface area contributed by atoms with Crippen molar-refractivity contribution in [3.63, 3.8) is 0 Å². The number of nitrogens with zero attached hydrogens (tertiary/aromatic N) is 2. The number of unbranched alkanes of at least 4 members (excludes halogenated alkanes) is 1. The largest absolute Gasteiger partial charge is 0.409 e. The summed E-state index contributed by atoms with van der Waals surface area (Å²) >= 11 is 0. The first-order valence-electron chi connectivity index (χ1n) is 6.81. The number of oxime groups is 1. The van der Waals surface area contributed by atoms with Crippen LogP contribution in [0.4, 0.5) is 0 Å². The average Bonchev–Trinajstić information content (AvgIpc) is 2.50. The van der Waals surface area contributed by atoms with Gasteiger partial charge < -0.3 is 16.3 Å². The first-order valence-corrected chi connectivity index (χ1v) is 6.81. The molecule has 0 aliphatic rings. The maximum Gasteiger partial charge on any atom is 0.139 e. The minimum Gasteiger partial charge on any atom is -0.409 e. The second-order valence-corrected chi connectivity index (χ2v) is 4.72. The molecule has 4 N–H and O–H groups in total. The van der Waals surface area contributed by atoms with Gasteiger partial charge in [0.2, 0.25) is 0 Å². The Hall–Kier alpha value is -2.14. The molecule has 20 heavy (non-hydrogen) atoms. The minimum atomic E-state index is 0.295. The van der Waals surface area contributed by atoms with Crippen molar-refractivity contribution in [3.8, 4) is 0 Å². The van der Waals surface area contributed by atoms with Crippen LogP contribution >= 0.6 is 0 Å². The summed E-state index contributed by atoms with van der Waals surface area (Å²) in [6, 6.07) is 10.2. The molecule has 5 heteroatoms. The summed E-state index contributed by atoms with van der Waals surface area (Å²) in [5, 5.41) is 15.9. The van der Waals surface area contributed by atoms with Gasteiger partial charge in [-0.3, -0.25) is 4.98 Å². The third-order valence-electron chi connectivity index (χ3n) is 3.20. The van der Waals surface area contributed by atoms with Gasteiger partial charge in [0, 0.05) is 24.5 Å². The molecule has 0 aliphatic carbocycles. The molecule has 2 rings (SSSR count). The molecule has 0 atom stereocenters. The number of benzene rings is 1. The highest BCUT2D eigenvalue weighted by Gasteiger charge is 2.01. The third-order valence-corrected chi connectivity index (χ3v) is 3.20. The quantitative estimate of drug-likeness (QED) is 0.237. The van der Waals surface area contributed by atoms with Crippen molar-refractivity contribution in [2.24, 2.45) is 10.9 Å². The van der Waals surface area contributed by atoms with E-state index in [0.29, 0.717) is 12.3 Å². The maximum absolute atomic E-state index is 8.43. The molecule has 1 aromatic carbocycles. The van der Waals surface area contributed by atoms with Crippen LogP contribution in [-0.2, 0) is 6.54 Å². The van der Waals surface area contributed by atoms with Crippen LogP contribution in [-0.4, -0.2) is 22.6 Å². The monoisotopic (exact) mass is 272 g/mol. The van der Waals surface area contributed by atoms with E-state index in [1.165, 1.54) is 10.9 Å². The van der Waals surface area contributed by atoms with Crippen LogP contribution in [0.15, 0.2) is 41.7 Å². The summed E-state index contributed by atoms with van der Waals surface area (Å²) in [6.45, 7) is 1.71. The first-order chi connectivity index (χ1) is 9.81. The Morgan fingerprint density at radius 2 is 2.10 bits per heavy atom. The third kappa shape index (κ3) is 3.93. The predicted octanol–water partition coefficient (Wildman–Crippen LogP) is 2.24. The van der Waals surface area contributed by atoms with Crippen molar-refractivity contribution in [2.45, 2.75) is 25.8 Å². The first kappa shape index (κ1) is 14.3. The number of pyridine rings is 1. The van der Waals surface area contributed by atoms with E-state index in [1.807, 2.05) is 12.3 Å². The summed E-state index contributed by atoms with van der Waals surface area (Å²) < 4.78 is 0. The molecule has 5 nitrogen and oxygen atoms in total. The Morgan fingerprint density at radius 3 is 2.95 bits per heavy atom. The summed E-state index contributed by atoms with van der Waals surface area (Å²) in [7, 11) is 0. The lowest BCUT2D eigenvalue weighted by Crippen LogP contribution is -2.16. The van der Waals surface area contributed by atoms with E-state index in [2.05, 4.69) is 39.7 Å². The zero-order valence-electron chi connectivity index (χ0n) is 11.4. The highest BCUT2D eigenvalue weighted by Crippen LogP contribution is 2.15. The number of hydrogen-bond donors (Lipinski definition) is 3. The minimum absolute atomic E-state index is 0.295. The molecule has 0 fully saturated rings. The zero-order chi connectivity index (χ0) is 14.2. The van der Waals surface area contributed by atoms with E-state index in [9.17, 15) is 0 Å². The fourth-order valence-corrected chi connectivity index (χ4v) is 2.14. The highest BCUT2D eigenvalue weighted by atomic mass is 16.4. The van der Waals surface area contributed by atoms with Crippen LogP contribution in [0.3, 0.4) is 0 Å². The van der Waals surface area contributed by atoms with E-state index in [0.717, 1.165) is 31.4 Å². The van der Waals surface area contributed by atoms with Crippen LogP contribution < -0.4 is 11.1 Å². The van der Waals surface area contributed by atoms with Crippen molar-refractivity contribution < 1.29 is 5.21 Å². The molecule has 1 heterocycles. The molecule has 0 spiro atoms. The van der Waals surface area contributed by atoms with Crippen molar-refractivity contribution in [3.05, 3.63) is 42.1 Å². The fourth-order valence-electron chi connectivity index (χ4n) is 2.14. The van der Waals surface area contributed by atoms with Crippen LogP contribution in [0.5, 0.6) is 0 Å². The normalized spacial score (nSPS) is 11.9. The fraction of sp³-hybridized carbons (Fsp3) is 0.333. The van der Waals surface area contributed by atoms with E-state index in [4.69, 9.17) is 10.9 Å². The number of nitrogens with two attached hydrogens (primary N) is 1. The molecule has 0 bridgehead atoms. The van der Waals surface area contributed by atoms with Gasteiger partial charge in [-0.2, -0.15) is 0 Å². The van der Waals surface area contributed by atoms with Crippen LogP contribution in [0.25, 0.3) is 10.9 Å². The van der Waals surface area contributed by atoms with Gasteiger partial charge in [-0.25, -0.2) is 0 Å². The molecular weight excluding hydrogens is 252 g/mol. The summed E-state index contributed by atoms with van der Waals surface area (Å²) in [6.07, 6.45) is 4.36. The molecular formula is C15H20N4O. The van der Waals surface area contributed by atoms with Crippen LogP contribution in [0, 0.1) is 0 Å². The Bertz CT molecular complexity index is 578. The smallest absolute Gasteiger partial charge is 0.139 e. The number of nitrogens with one attached hydrogen (secondary N) is 1. The maximum atomic E-state index is 8.43. The number of rotatable bonds is 7. The SMILES string of the molecule is N/C(CCCCNCc1cccc2cccnc12)=N/O. The van der Waals surface area contributed by atoms with Gasteiger partial charge in [0.05, 0.1) is 5.52 Å². The Balaban J connectivity index is 1.79. The standard InChI is InChI=1S/C15H20N4O/c16-14(19-20)8-1-2-9-17-11-13-6-3-5-12-7-4-10-18-15(12)13/h3-7,10,17,20H,1-2,8-9,11H2,(H2,16,19). The van der Waals surface area contributed by atoms with Crippen LogP contribution in [0.1, 0.15) is 24.8 Å². The lowest BCUT2D eigenvalue weighted by molar-refractivity contribution is 0.316. The molecule has 0 aliphatic heterocycles. The Kier molecular flexibility index (Phi) is 5.32. The van der Waals surface area contributed by atoms with Gasteiger partial charge in [-0.05, 0) is 31.0 Å². The second-order valence-electron chi connectivity index (χ2n) is 4.72. The highest BCUT2D eigenvalue weighted by molar-refractivity contribution is 5.81. The lowest BCUT2D eigenvalue weighted by Gasteiger charge is -2.07. The molecule has 106 valence electrons. The topological polar surface area (TPSA) is 83.5 Å². The van der Waals surface area contributed by atoms with E-state index in [-0.39, 0.29) is 0 Å². The van der Waals surface area contributed by atoms with Crippen molar-refractivity contribution in [1.82, 2.24) is 10.3 Å². The second kappa shape index (κ2) is 7.45. The van der Waals surface area contributed by atoms with E-state index < -0.39 is 0 Å². The molecule has 1 aromatic heterocycles. The number of para-hydroxylation sites is 1. The van der Waals surface area contributed by atoms with Gasteiger partial charge in [0.15, 0.2) is 0 Å². The Labute approximate surface area is 118 Å². The van der Waals surface area contributed by atoms with Gasteiger partial charge >= 0.3 is 0 Å². The summed E-state index contributed by atoms with van der Waals surface area (Å²) in [5.74, 6) is 0.295. The predicted molar refractivity (Wildman–Crippen MR) is 80.7 cm³/mol. The summed E-state index contributed by atoms with van der Waals surface area (Å²) in [4.78, 5) is 4.43. The van der Waals surface area contributed by atoms with Crippen molar-refractivity contribution in [1.29, 1.82) is 0 Å². The number of aromatic nitrogens is 1. The van der Waals surface area contributed by atoms with Crippen LogP contribution in [0.2, 0.25) is 0 Å². The molecule has 0 unspecified atom stereocenters. The number of fused-ring (bicyclic) bond motifs is 1. The molecule has 0 radical (unpaired) electrons. The van der Waals surface area contributed by atoms with Gasteiger partial charge in [0.1, 0.15) is 5.84 Å². The number of hydrogen-bond acceptors (Lipinski definition) is 4. The Morgan fingerprint density at radius 1 is 1.25 bits per heavy atom. The molecule has 2 aromatic rings. The number of amidine groups is 1. The summed E-state index contributed by atoms with van der Waals surface area (Å²) in [5.41, 5.74) is 7.67. The van der Waals surface area contributed by atoms with Crippen molar-refractivity contribution >= 4 is 16.7 Å². The van der Waals surface area contributed by atoms with E-state index >= 15 is 0 Å². The molecule has 0 saturated carbocycles. The average molecular weight is 272 g/mol. The lowest BCUT2D eigenvalue weighted by atomic mass is 10.1. The van der Waals surface area contributed by atoms with Crippen molar-refractivity contribution in [2.75, 3.05) is 6.54 Å². The molecule has 0 amide bonds. The van der Waals surface area contributed by atoms with Gasteiger partial charge in [0.25, 0.3) is 0 Å². The van der Waals surface area contributed by atoms with Gasteiger partial charge in [-0.1, -0.05) is 29.4 Å². The van der Waals surface area contributed by atoms with Gasteiger partial charge in [-0.15, -0.1) is 0 Å². The van der Waals surface area contributed by atoms with E-state index in [1.54, 1.807) is 0 Å².